The number of rotatable bonds is 7. The van der Waals surface area contributed by atoms with E-state index >= 15 is 0 Å². The summed E-state index contributed by atoms with van der Waals surface area (Å²) in [6, 6.07) is 4.91. The molecule has 0 spiro atoms. The number of aryl methyl sites for hydroxylation is 1. The van der Waals surface area contributed by atoms with Gasteiger partial charge in [-0.05, 0) is 31.7 Å². The highest BCUT2D eigenvalue weighted by Crippen LogP contribution is 2.24. The van der Waals surface area contributed by atoms with Gasteiger partial charge in [0.25, 0.3) is 5.69 Å². The van der Waals surface area contributed by atoms with E-state index in [4.69, 9.17) is 5.11 Å². The molecule has 0 bridgehead atoms. The second-order valence-corrected chi connectivity index (χ2v) is 4.43. The number of non-ortho nitro benzene ring substituents is 1. The van der Waals surface area contributed by atoms with Crippen LogP contribution in [-0.2, 0) is 0 Å². The third kappa shape index (κ3) is 4.00. The second-order valence-electron chi connectivity index (χ2n) is 4.43. The van der Waals surface area contributed by atoms with Crippen LogP contribution in [0, 0.1) is 17.0 Å². The molecule has 1 aromatic rings. The van der Waals surface area contributed by atoms with Gasteiger partial charge in [0, 0.05) is 38.0 Å². The normalized spacial score (nSPS) is 10.4. The Kier molecular flexibility index (Phi) is 5.58. The first-order chi connectivity index (χ1) is 8.56. The third-order valence-corrected chi connectivity index (χ3v) is 2.97. The Morgan fingerprint density at radius 1 is 1.33 bits per heavy atom. The highest BCUT2D eigenvalue weighted by molar-refractivity contribution is 5.58. The maximum atomic E-state index is 10.7. The topological polar surface area (TPSA) is 66.6 Å². The number of aliphatic hydroxyl groups excluding tert-OH is 1. The van der Waals surface area contributed by atoms with Crippen LogP contribution in [0.15, 0.2) is 18.2 Å². The number of unbranched alkanes of at least 4 members (excludes halogenated alkanes) is 2. The van der Waals surface area contributed by atoms with Gasteiger partial charge in [-0.3, -0.25) is 10.1 Å². The molecular weight excluding hydrogens is 232 g/mol. The first kappa shape index (κ1) is 14.4. The summed E-state index contributed by atoms with van der Waals surface area (Å²) >= 11 is 0. The van der Waals surface area contributed by atoms with Crippen molar-refractivity contribution in [1.29, 1.82) is 0 Å². The van der Waals surface area contributed by atoms with Gasteiger partial charge in [-0.15, -0.1) is 0 Å². The predicted molar refractivity (Wildman–Crippen MR) is 72.0 cm³/mol. The lowest BCUT2D eigenvalue weighted by Crippen LogP contribution is -2.19. The summed E-state index contributed by atoms with van der Waals surface area (Å²) in [4.78, 5) is 12.4. The first-order valence-electron chi connectivity index (χ1n) is 6.13. The van der Waals surface area contributed by atoms with Gasteiger partial charge in [0.05, 0.1) is 4.92 Å². The van der Waals surface area contributed by atoms with Gasteiger partial charge in [0.2, 0.25) is 0 Å². The number of benzene rings is 1. The average molecular weight is 252 g/mol. The van der Waals surface area contributed by atoms with Gasteiger partial charge in [-0.25, -0.2) is 0 Å². The molecule has 0 aliphatic heterocycles. The molecule has 0 saturated carbocycles. The zero-order valence-corrected chi connectivity index (χ0v) is 10.9. The molecule has 0 aliphatic carbocycles. The van der Waals surface area contributed by atoms with Crippen LogP contribution in [0.2, 0.25) is 0 Å². The quantitative estimate of drug-likeness (QED) is 0.460. The molecule has 1 aromatic carbocycles. The largest absolute Gasteiger partial charge is 0.396 e. The second kappa shape index (κ2) is 6.96. The molecule has 0 radical (unpaired) electrons. The maximum Gasteiger partial charge on any atom is 0.271 e. The van der Waals surface area contributed by atoms with E-state index in [-0.39, 0.29) is 17.2 Å². The molecule has 0 fully saturated rings. The Hall–Kier alpha value is -1.62. The fourth-order valence-corrected chi connectivity index (χ4v) is 1.88. The zero-order chi connectivity index (χ0) is 13.5. The fourth-order valence-electron chi connectivity index (χ4n) is 1.88. The number of aliphatic hydroxyl groups is 1. The highest BCUT2D eigenvalue weighted by Gasteiger charge is 2.11. The number of nitrogens with zero attached hydrogens (tertiary/aromatic N) is 2. The molecule has 1 N–H and O–H groups in total. The fraction of sp³-hybridized carbons (Fsp3) is 0.538. The van der Waals surface area contributed by atoms with Crippen LogP contribution in [0.5, 0.6) is 0 Å². The predicted octanol–water partition coefficient (Wildman–Crippen LogP) is 2.50. The van der Waals surface area contributed by atoms with E-state index < -0.39 is 0 Å². The van der Waals surface area contributed by atoms with Crippen molar-refractivity contribution < 1.29 is 10.0 Å². The van der Waals surface area contributed by atoms with Gasteiger partial charge in [0.15, 0.2) is 0 Å². The Balaban J connectivity index is 2.68. The van der Waals surface area contributed by atoms with E-state index in [0.717, 1.165) is 37.1 Å². The van der Waals surface area contributed by atoms with E-state index in [9.17, 15) is 10.1 Å². The summed E-state index contributed by atoms with van der Waals surface area (Å²) < 4.78 is 0. The summed E-state index contributed by atoms with van der Waals surface area (Å²) in [5.41, 5.74) is 2.05. The number of hydrogen-bond acceptors (Lipinski definition) is 4. The highest BCUT2D eigenvalue weighted by atomic mass is 16.6. The minimum atomic E-state index is -0.372. The third-order valence-electron chi connectivity index (χ3n) is 2.97. The summed E-state index contributed by atoms with van der Waals surface area (Å²) in [6.07, 6.45) is 2.75. The minimum absolute atomic E-state index is 0.123. The van der Waals surface area contributed by atoms with Gasteiger partial charge in [-0.1, -0.05) is 6.07 Å². The van der Waals surface area contributed by atoms with Crippen molar-refractivity contribution in [3.8, 4) is 0 Å². The van der Waals surface area contributed by atoms with Crippen LogP contribution < -0.4 is 4.90 Å². The van der Waals surface area contributed by atoms with Crippen molar-refractivity contribution >= 4 is 11.4 Å². The SMILES string of the molecule is Cc1ccc([N+](=O)[O-])cc1N(C)CCCCCO. The van der Waals surface area contributed by atoms with Crippen molar-refractivity contribution in [1.82, 2.24) is 0 Å². The molecule has 5 heteroatoms. The van der Waals surface area contributed by atoms with Crippen molar-refractivity contribution in [3.05, 3.63) is 33.9 Å². The van der Waals surface area contributed by atoms with Gasteiger partial charge in [-0.2, -0.15) is 0 Å². The Labute approximate surface area is 107 Å². The van der Waals surface area contributed by atoms with Gasteiger partial charge in [0.1, 0.15) is 0 Å². The summed E-state index contributed by atoms with van der Waals surface area (Å²) in [7, 11) is 1.94. The average Bonchev–Trinajstić information content (AvgIpc) is 2.34. The van der Waals surface area contributed by atoms with Crippen LogP contribution in [0.25, 0.3) is 0 Å². The van der Waals surface area contributed by atoms with Gasteiger partial charge < -0.3 is 10.0 Å². The van der Waals surface area contributed by atoms with Crippen molar-refractivity contribution in [2.45, 2.75) is 26.2 Å². The summed E-state index contributed by atoms with van der Waals surface area (Å²) in [5.74, 6) is 0. The standard InChI is InChI=1S/C13H20N2O3/c1-11-6-7-12(15(17)18)10-13(11)14(2)8-4-3-5-9-16/h6-7,10,16H,3-5,8-9H2,1-2H3. The lowest BCUT2D eigenvalue weighted by atomic mass is 10.1. The first-order valence-corrected chi connectivity index (χ1v) is 6.13. The smallest absolute Gasteiger partial charge is 0.271 e. The Bertz CT molecular complexity index is 407. The molecule has 5 nitrogen and oxygen atoms in total. The van der Waals surface area contributed by atoms with E-state index in [1.807, 2.05) is 18.9 Å². The van der Waals surface area contributed by atoms with E-state index in [2.05, 4.69) is 0 Å². The van der Waals surface area contributed by atoms with Crippen LogP contribution in [0.1, 0.15) is 24.8 Å². The monoisotopic (exact) mass is 252 g/mol. The number of nitro benzene ring substituents is 1. The molecule has 100 valence electrons. The molecule has 0 unspecified atom stereocenters. The molecule has 0 aliphatic rings. The zero-order valence-electron chi connectivity index (χ0n) is 10.9. The summed E-state index contributed by atoms with van der Waals surface area (Å²) in [6.45, 7) is 3.00. The molecular formula is C13H20N2O3. The lowest BCUT2D eigenvalue weighted by Gasteiger charge is -2.21. The lowest BCUT2D eigenvalue weighted by molar-refractivity contribution is -0.384. The molecule has 0 atom stereocenters. The van der Waals surface area contributed by atoms with Crippen molar-refractivity contribution in [3.63, 3.8) is 0 Å². The Morgan fingerprint density at radius 2 is 2.06 bits per heavy atom. The van der Waals surface area contributed by atoms with Crippen LogP contribution in [-0.4, -0.2) is 30.2 Å². The summed E-state index contributed by atoms with van der Waals surface area (Å²) in [5, 5.41) is 19.4. The molecule has 0 heterocycles. The minimum Gasteiger partial charge on any atom is -0.396 e. The number of nitro groups is 1. The van der Waals surface area contributed by atoms with E-state index in [1.165, 1.54) is 6.07 Å². The number of hydrogen-bond donors (Lipinski definition) is 1. The molecule has 0 saturated heterocycles. The van der Waals surface area contributed by atoms with Crippen LogP contribution in [0.3, 0.4) is 0 Å². The molecule has 0 amide bonds. The van der Waals surface area contributed by atoms with Crippen LogP contribution >= 0.6 is 0 Å². The van der Waals surface area contributed by atoms with E-state index in [0.29, 0.717) is 0 Å². The molecule has 0 aromatic heterocycles. The van der Waals surface area contributed by atoms with E-state index in [1.54, 1.807) is 12.1 Å². The Morgan fingerprint density at radius 3 is 2.67 bits per heavy atom. The molecule has 18 heavy (non-hydrogen) atoms. The van der Waals surface area contributed by atoms with Crippen molar-refractivity contribution in [2.24, 2.45) is 0 Å². The van der Waals surface area contributed by atoms with Gasteiger partial charge >= 0.3 is 0 Å². The maximum absolute atomic E-state index is 10.7. The number of anilines is 1. The van der Waals surface area contributed by atoms with Crippen molar-refractivity contribution in [2.75, 3.05) is 25.1 Å². The molecule has 1 rings (SSSR count). The van der Waals surface area contributed by atoms with Crippen LogP contribution in [0.4, 0.5) is 11.4 Å².